The fourth-order valence-corrected chi connectivity index (χ4v) is 1.98. The molecule has 100 valence electrons. The molecule has 1 heterocycles. The summed E-state index contributed by atoms with van der Waals surface area (Å²) >= 11 is 1.27. The highest BCUT2D eigenvalue weighted by Gasteiger charge is 2.17. The molecule has 19 heavy (non-hydrogen) atoms. The topological polar surface area (TPSA) is 64.1 Å². The van der Waals surface area contributed by atoms with Crippen LogP contribution < -0.4 is 10.1 Å². The number of carbonyl (C=O) groups is 1. The highest BCUT2D eigenvalue weighted by atomic mass is 32.1. The summed E-state index contributed by atoms with van der Waals surface area (Å²) < 4.78 is 5.68. The van der Waals surface area contributed by atoms with Gasteiger partial charge < -0.3 is 4.74 Å². The first-order valence-corrected chi connectivity index (χ1v) is 6.76. The van der Waals surface area contributed by atoms with Crippen molar-refractivity contribution in [3.63, 3.8) is 0 Å². The van der Waals surface area contributed by atoms with Crippen LogP contribution in [0.15, 0.2) is 23.7 Å². The Morgan fingerprint density at radius 2 is 2.21 bits per heavy atom. The fourth-order valence-electron chi connectivity index (χ4n) is 1.53. The standard InChI is InChI=1S/C13H15N3O2S/c1-8-5-4-6-11(9(8)2)18-10(3)12(17)15-13-16-14-7-19-13/h4-7,10H,1-3H3,(H,15,16,17)/t10-/m1/s1. The quantitative estimate of drug-likeness (QED) is 0.932. The number of rotatable bonds is 4. The average Bonchev–Trinajstić information content (AvgIpc) is 2.87. The smallest absolute Gasteiger partial charge is 0.266 e. The monoisotopic (exact) mass is 277 g/mol. The number of aromatic nitrogens is 2. The number of nitrogens with zero attached hydrogens (tertiary/aromatic N) is 2. The van der Waals surface area contributed by atoms with E-state index in [1.165, 1.54) is 11.3 Å². The van der Waals surface area contributed by atoms with Crippen molar-refractivity contribution in [2.45, 2.75) is 26.9 Å². The van der Waals surface area contributed by atoms with Gasteiger partial charge in [0.05, 0.1) is 0 Å². The molecule has 0 radical (unpaired) electrons. The van der Waals surface area contributed by atoms with E-state index in [9.17, 15) is 4.79 Å². The Bertz CT molecular complexity index is 569. The van der Waals surface area contributed by atoms with E-state index in [2.05, 4.69) is 15.5 Å². The number of aryl methyl sites for hydroxylation is 1. The average molecular weight is 277 g/mol. The largest absolute Gasteiger partial charge is 0.481 e. The Kier molecular flexibility index (Phi) is 4.11. The first-order valence-electron chi connectivity index (χ1n) is 5.88. The van der Waals surface area contributed by atoms with Crippen LogP contribution >= 0.6 is 11.3 Å². The van der Waals surface area contributed by atoms with E-state index in [0.29, 0.717) is 5.13 Å². The lowest BCUT2D eigenvalue weighted by Gasteiger charge is -2.16. The Labute approximate surface area is 115 Å². The summed E-state index contributed by atoms with van der Waals surface area (Å²) in [5.41, 5.74) is 3.73. The van der Waals surface area contributed by atoms with Gasteiger partial charge in [0.1, 0.15) is 11.3 Å². The minimum atomic E-state index is -0.593. The molecular formula is C13H15N3O2S. The van der Waals surface area contributed by atoms with Crippen molar-refractivity contribution in [2.24, 2.45) is 0 Å². The highest BCUT2D eigenvalue weighted by molar-refractivity contribution is 7.13. The van der Waals surface area contributed by atoms with Crippen molar-refractivity contribution in [3.8, 4) is 5.75 Å². The number of ether oxygens (including phenoxy) is 1. The molecule has 0 aliphatic heterocycles. The Morgan fingerprint density at radius 1 is 1.42 bits per heavy atom. The molecule has 0 saturated heterocycles. The predicted molar refractivity (Wildman–Crippen MR) is 74.5 cm³/mol. The zero-order valence-corrected chi connectivity index (χ0v) is 11.8. The number of anilines is 1. The van der Waals surface area contributed by atoms with Gasteiger partial charge in [-0.3, -0.25) is 10.1 Å². The van der Waals surface area contributed by atoms with Gasteiger partial charge in [-0.2, -0.15) is 0 Å². The van der Waals surface area contributed by atoms with Crippen LogP contribution in [0, 0.1) is 13.8 Å². The van der Waals surface area contributed by atoms with Crippen LogP contribution in [0.1, 0.15) is 18.1 Å². The molecule has 1 N–H and O–H groups in total. The number of benzene rings is 1. The summed E-state index contributed by atoms with van der Waals surface area (Å²) in [6.45, 7) is 5.69. The summed E-state index contributed by atoms with van der Waals surface area (Å²) in [5.74, 6) is 0.484. The van der Waals surface area contributed by atoms with Crippen molar-refractivity contribution >= 4 is 22.4 Å². The second kappa shape index (κ2) is 5.79. The Morgan fingerprint density at radius 3 is 2.89 bits per heavy atom. The highest BCUT2D eigenvalue weighted by Crippen LogP contribution is 2.22. The van der Waals surface area contributed by atoms with Crippen LogP contribution in [0.2, 0.25) is 0 Å². The van der Waals surface area contributed by atoms with Gasteiger partial charge >= 0.3 is 0 Å². The van der Waals surface area contributed by atoms with Gasteiger partial charge in [-0.25, -0.2) is 0 Å². The van der Waals surface area contributed by atoms with Gasteiger partial charge in [-0.05, 0) is 38.0 Å². The van der Waals surface area contributed by atoms with Crippen LogP contribution in [0.25, 0.3) is 0 Å². The molecule has 2 aromatic rings. The van der Waals surface area contributed by atoms with E-state index >= 15 is 0 Å². The zero-order valence-electron chi connectivity index (χ0n) is 11.0. The summed E-state index contributed by atoms with van der Waals surface area (Å²) in [6, 6.07) is 5.78. The maximum atomic E-state index is 11.9. The van der Waals surface area contributed by atoms with E-state index < -0.39 is 6.10 Å². The van der Waals surface area contributed by atoms with Crippen molar-refractivity contribution in [3.05, 3.63) is 34.8 Å². The molecule has 1 aromatic carbocycles. The summed E-state index contributed by atoms with van der Waals surface area (Å²) in [5, 5.41) is 10.5. The molecule has 2 rings (SSSR count). The van der Waals surface area contributed by atoms with Crippen LogP contribution in [0.3, 0.4) is 0 Å². The second-order valence-corrected chi connectivity index (χ2v) is 5.02. The molecule has 0 aliphatic rings. The minimum Gasteiger partial charge on any atom is -0.481 e. The van der Waals surface area contributed by atoms with E-state index in [-0.39, 0.29) is 5.91 Å². The van der Waals surface area contributed by atoms with Gasteiger partial charge in [0.25, 0.3) is 5.91 Å². The Balaban J connectivity index is 2.02. The number of hydrogen-bond acceptors (Lipinski definition) is 5. The molecule has 0 aliphatic carbocycles. The normalized spacial score (nSPS) is 11.9. The van der Waals surface area contributed by atoms with Crippen LogP contribution in [0.5, 0.6) is 5.75 Å². The van der Waals surface area contributed by atoms with E-state index in [1.807, 2.05) is 32.0 Å². The summed E-state index contributed by atoms with van der Waals surface area (Å²) in [4.78, 5) is 11.9. The number of carbonyl (C=O) groups excluding carboxylic acids is 1. The molecule has 5 nitrogen and oxygen atoms in total. The van der Waals surface area contributed by atoms with Crippen LogP contribution in [-0.2, 0) is 4.79 Å². The maximum Gasteiger partial charge on any atom is 0.266 e. The first kappa shape index (κ1) is 13.5. The lowest BCUT2D eigenvalue weighted by molar-refractivity contribution is -0.122. The van der Waals surface area contributed by atoms with Crippen LogP contribution in [-0.4, -0.2) is 22.2 Å². The molecule has 0 fully saturated rings. The number of amides is 1. The van der Waals surface area contributed by atoms with Gasteiger partial charge in [0.2, 0.25) is 5.13 Å². The molecule has 0 saturated carbocycles. The van der Waals surface area contributed by atoms with E-state index in [0.717, 1.165) is 16.9 Å². The summed E-state index contributed by atoms with van der Waals surface area (Å²) in [6.07, 6.45) is -0.593. The van der Waals surface area contributed by atoms with Gasteiger partial charge in [-0.1, -0.05) is 23.5 Å². The van der Waals surface area contributed by atoms with Gasteiger partial charge in [-0.15, -0.1) is 10.2 Å². The van der Waals surface area contributed by atoms with Crippen molar-refractivity contribution in [1.82, 2.24) is 10.2 Å². The summed E-state index contributed by atoms with van der Waals surface area (Å²) in [7, 11) is 0. The molecule has 1 amide bonds. The first-order chi connectivity index (χ1) is 9.08. The van der Waals surface area contributed by atoms with Crippen molar-refractivity contribution in [2.75, 3.05) is 5.32 Å². The molecule has 0 unspecified atom stereocenters. The molecule has 0 bridgehead atoms. The third-order valence-electron chi connectivity index (χ3n) is 2.82. The predicted octanol–water partition coefficient (Wildman–Crippen LogP) is 2.56. The maximum absolute atomic E-state index is 11.9. The third-order valence-corrected chi connectivity index (χ3v) is 3.42. The third kappa shape index (κ3) is 3.29. The Hall–Kier alpha value is -1.95. The van der Waals surface area contributed by atoms with E-state index in [4.69, 9.17) is 4.74 Å². The minimum absolute atomic E-state index is 0.238. The fraction of sp³-hybridized carbons (Fsp3) is 0.308. The van der Waals surface area contributed by atoms with Crippen molar-refractivity contribution in [1.29, 1.82) is 0 Å². The van der Waals surface area contributed by atoms with Gasteiger partial charge in [0.15, 0.2) is 6.10 Å². The second-order valence-electron chi connectivity index (χ2n) is 4.19. The lowest BCUT2D eigenvalue weighted by Crippen LogP contribution is -2.30. The van der Waals surface area contributed by atoms with Crippen LogP contribution in [0.4, 0.5) is 5.13 Å². The zero-order chi connectivity index (χ0) is 13.8. The molecule has 1 atom stereocenters. The molecular weight excluding hydrogens is 262 g/mol. The molecule has 1 aromatic heterocycles. The van der Waals surface area contributed by atoms with Crippen molar-refractivity contribution < 1.29 is 9.53 Å². The molecule has 6 heteroatoms. The number of hydrogen-bond donors (Lipinski definition) is 1. The SMILES string of the molecule is Cc1cccc(O[C@H](C)C(=O)Nc2nncs2)c1C. The van der Waals surface area contributed by atoms with Gasteiger partial charge in [0, 0.05) is 0 Å². The lowest BCUT2D eigenvalue weighted by atomic mass is 10.1. The van der Waals surface area contributed by atoms with E-state index in [1.54, 1.807) is 12.4 Å². The number of nitrogens with one attached hydrogen (secondary N) is 1. The molecule has 0 spiro atoms.